The molecule has 2 rings (SSSR count). The van der Waals surface area contributed by atoms with Gasteiger partial charge in [-0.15, -0.1) is 0 Å². The fourth-order valence-electron chi connectivity index (χ4n) is 1.73. The Kier molecular flexibility index (Phi) is 3.98. The van der Waals surface area contributed by atoms with Crippen LogP contribution in [0, 0.1) is 13.8 Å². The average molecular weight is 263 g/mol. The average Bonchev–Trinajstić information content (AvgIpc) is 2.71. The van der Waals surface area contributed by atoms with Crippen molar-refractivity contribution >= 4 is 11.8 Å². The first-order chi connectivity index (χ1) is 8.58. The van der Waals surface area contributed by atoms with E-state index in [2.05, 4.69) is 15.1 Å². The van der Waals surface area contributed by atoms with Crippen LogP contribution in [0.5, 0.6) is 0 Å². The van der Waals surface area contributed by atoms with Crippen LogP contribution in [0.4, 0.5) is 0 Å². The summed E-state index contributed by atoms with van der Waals surface area (Å²) in [5, 5.41) is 5.08. The molecule has 2 heterocycles. The number of nitrogens with two attached hydrogens (primary N) is 1. The zero-order chi connectivity index (χ0) is 13.1. The van der Waals surface area contributed by atoms with Crippen LogP contribution in [0.2, 0.25) is 0 Å². The second kappa shape index (κ2) is 5.49. The van der Waals surface area contributed by atoms with Crippen molar-refractivity contribution < 1.29 is 0 Å². The molecule has 2 N–H and O–H groups in total. The molecule has 0 bridgehead atoms. The maximum atomic E-state index is 5.82. The van der Waals surface area contributed by atoms with Gasteiger partial charge in [-0.1, -0.05) is 11.8 Å². The second-order valence-corrected chi connectivity index (χ2v) is 5.39. The summed E-state index contributed by atoms with van der Waals surface area (Å²) in [7, 11) is 1.90. The maximum Gasteiger partial charge on any atom is 0.188 e. The Hall–Kier alpha value is -1.40. The molecule has 0 radical (unpaired) electrons. The third-order valence-electron chi connectivity index (χ3n) is 2.52. The van der Waals surface area contributed by atoms with Gasteiger partial charge in [0.25, 0.3) is 0 Å². The van der Waals surface area contributed by atoms with E-state index in [-0.39, 0.29) is 5.25 Å². The Morgan fingerprint density at radius 1 is 1.33 bits per heavy atom. The Balaban J connectivity index is 2.20. The SMILES string of the molecule is Cc1cc(C)nc(SC(CN)c2cnn(C)c2)n1. The lowest BCUT2D eigenvalue weighted by Crippen LogP contribution is -2.09. The van der Waals surface area contributed by atoms with Crippen molar-refractivity contribution in [1.82, 2.24) is 19.7 Å². The minimum Gasteiger partial charge on any atom is -0.329 e. The highest BCUT2D eigenvalue weighted by Gasteiger charge is 2.15. The predicted octanol–water partition coefficient (Wildman–Crippen LogP) is 1.62. The number of nitrogens with zero attached hydrogens (tertiary/aromatic N) is 4. The summed E-state index contributed by atoms with van der Waals surface area (Å²) in [6.07, 6.45) is 3.82. The maximum absolute atomic E-state index is 5.82. The van der Waals surface area contributed by atoms with Crippen LogP contribution < -0.4 is 5.73 Å². The number of aromatic nitrogens is 4. The predicted molar refractivity (Wildman–Crippen MR) is 72.4 cm³/mol. The monoisotopic (exact) mass is 263 g/mol. The van der Waals surface area contributed by atoms with E-state index < -0.39 is 0 Å². The quantitative estimate of drug-likeness (QED) is 0.670. The zero-order valence-corrected chi connectivity index (χ0v) is 11.6. The highest BCUT2D eigenvalue weighted by molar-refractivity contribution is 7.99. The van der Waals surface area contributed by atoms with Gasteiger partial charge in [0.1, 0.15) is 0 Å². The first kappa shape index (κ1) is 13.0. The van der Waals surface area contributed by atoms with E-state index in [1.807, 2.05) is 39.4 Å². The molecule has 0 fully saturated rings. The van der Waals surface area contributed by atoms with Crippen LogP contribution in [-0.2, 0) is 7.05 Å². The van der Waals surface area contributed by atoms with Crippen molar-refractivity contribution in [1.29, 1.82) is 0 Å². The van der Waals surface area contributed by atoms with E-state index in [0.717, 1.165) is 22.1 Å². The molecule has 96 valence electrons. The molecule has 0 saturated carbocycles. The van der Waals surface area contributed by atoms with Crippen molar-refractivity contribution in [2.45, 2.75) is 24.3 Å². The standard InChI is InChI=1S/C12H17N5S/c1-8-4-9(2)16-12(15-8)18-11(5-13)10-6-14-17(3)7-10/h4,6-7,11H,5,13H2,1-3H3. The van der Waals surface area contributed by atoms with E-state index in [1.165, 1.54) is 0 Å². The van der Waals surface area contributed by atoms with E-state index >= 15 is 0 Å². The van der Waals surface area contributed by atoms with Crippen LogP contribution in [0.15, 0.2) is 23.6 Å². The first-order valence-corrected chi connectivity index (χ1v) is 6.64. The minimum absolute atomic E-state index is 0.139. The molecule has 18 heavy (non-hydrogen) atoms. The number of hydrogen-bond acceptors (Lipinski definition) is 5. The summed E-state index contributed by atoms with van der Waals surface area (Å²) in [6, 6.07) is 1.96. The van der Waals surface area contributed by atoms with E-state index in [4.69, 9.17) is 5.73 Å². The molecule has 0 amide bonds. The number of aryl methyl sites for hydroxylation is 3. The molecule has 0 aliphatic rings. The minimum atomic E-state index is 0.139. The molecule has 0 spiro atoms. The van der Waals surface area contributed by atoms with E-state index in [1.54, 1.807) is 16.4 Å². The van der Waals surface area contributed by atoms with Crippen LogP contribution in [0.25, 0.3) is 0 Å². The van der Waals surface area contributed by atoms with Crippen molar-refractivity contribution in [2.24, 2.45) is 12.8 Å². The van der Waals surface area contributed by atoms with Crippen LogP contribution in [0.3, 0.4) is 0 Å². The van der Waals surface area contributed by atoms with Gasteiger partial charge in [0.05, 0.1) is 11.4 Å². The molecule has 0 aliphatic heterocycles. The molecule has 2 aromatic heterocycles. The molecular weight excluding hydrogens is 246 g/mol. The molecule has 1 unspecified atom stereocenters. The van der Waals surface area contributed by atoms with Gasteiger partial charge < -0.3 is 5.73 Å². The number of rotatable bonds is 4. The summed E-state index contributed by atoms with van der Waals surface area (Å²) in [4.78, 5) is 8.85. The highest BCUT2D eigenvalue weighted by Crippen LogP contribution is 2.32. The van der Waals surface area contributed by atoms with Gasteiger partial charge >= 0.3 is 0 Å². The Morgan fingerprint density at radius 3 is 2.50 bits per heavy atom. The number of hydrogen-bond donors (Lipinski definition) is 1. The summed E-state index contributed by atoms with van der Waals surface area (Å²) in [5.74, 6) is 0. The third-order valence-corrected chi connectivity index (χ3v) is 3.66. The summed E-state index contributed by atoms with van der Waals surface area (Å²) in [6.45, 7) is 4.48. The van der Waals surface area contributed by atoms with Gasteiger partial charge in [-0.3, -0.25) is 4.68 Å². The summed E-state index contributed by atoms with van der Waals surface area (Å²) in [5.41, 5.74) is 8.89. The fourth-order valence-corrected chi connectivity index (χ4v) is 2.73. The van der Waals surface area contributed by atoms with Crippen LogP contribution >= 0.6 is 11.8 Å². The van der Waals surface area contributed by atoms with Gasteiger partial charge in [0, 0.05) is 36.7 Å². The van der Waals surface area contributed by atoms with Gasteiger partial charge in [-0.25, -0.2) is 9.97 Å². The molecule has 5 nitrogen and oxygen atoms in total. The molecule has 0 aliphatic carbocycles. The van der Waals surface area contributed by atoms with Gasteiger partial charge in [0.2, 0.25) is 0 Å². The van der Waals surface area contributed by atoms with Crippen molar-refractivity contribution in [3.05, 3.63) is 35.4 Å². The lowest BCUT2D eigenvalue weighted by atomic mass is 10.2. The normalized spacial score (nSPS) is 12.7. The first-order valence-electron chi connectivity index (χ1n) is 5.76. The Morgan fingerprint density at radius 2 is 2.00 bits per heavy atom. The smallest absolute Gasteiger partial charge is 0.188 e. The van der Waals surface area contributed by atoms with E-state index in [0.29, 0.717) is 6.54 Å². The van der Waals surface area contributed by atoms with Crippen molar-refractivity contribution in [2.75, 3.05) is 6.54 Å². The second-order valence-electron chi connectivity index (χ2n) is 4.22. The summed E-state index contributed by atoms with van der Waals surface area (Å²) >= 11 is 1.58. The lowest BCUT2D eigenvalue weighted by Gasteiger charge is -2.11. The van der Waals surface area contributed by atoms with Crippen molar-refractivity contribution in [3.8, 4) is 0 Å². The van der Waals surface area contributed by atoms with Crippen molar-refractivity contribution in [3.63, 3.8) is 0 Å². The van der Waals surface area contributed by atoms with Crippen LogP contribution in [-0.4, -0.2) is 26.3 Å². The zero-order valence-electron chi connectivity index (χ0n) is 10.8. The van der Waals surface area contributed by atoms with Gasteiger partial charge in [0.15, 0.2) is 5.16 Å². The molecule has 0 aromatic carbocycles. The lowest BCUT2D eigenvalue weighted by molar-refractivity contribution is 0.766. The van der Waals surface area contributed by atoms with E-state index in [9.17, 15) is 0 Å². The largest absolute Gasteiger partial charge is 0.329 e. The summed E-state index contributed by atoms with van der Waals surface area (Å²) < 4.78 is 1.78. The molecule has 2 aromatic rings. The third kappa shape index (κ3) is 3.08. The number of thioether (sulfide) groups is 1. The molecular formula is C12H17N5S. The van der Waals surface area contributed by atoms with Gasteiger partial charge in [-0.2, -0.15) is 5.10 Å². The van der Waals surface area contributed by atoms with Gasteiger partial charge in [-0.05, 0) is 19.9 Å². The Bertz CT molecular complexity index is 517. The molecule has 6 heteroatoms. The highest BCUT2D eigenvalue weighted by atomic mass is 32.2. The molecule has 0 saturated heterocycles. The molecule has 1 atom stereocenters. The fraction of sp³-hybridized carbons (Fsp3) is 0.417. The Labute approximate surface area is 111 Å². The van der Waals surface area contributed by atoms with Crippen LogP contribution in [0.1, 0.15) is 22.2 Å². The topological polar surface area (TPSA) is 69.6 Å².